The summed E-state index contributed by atoms with van der Waals surface area (Å²) in [4.78, 5) is 0.658. The van der Waals surface area contributed by atoms with E-state index in [9.17, 15) is 4.39 Å². The Morgan fingerprint density at radius 1 is 1.25 bits per heavy atom. The number of aliphatic hydroxyl groups is 2. The molecule has 1 rings (SSSR count). The first-order valence-corrected chi connectivity index (χ1v) is 7.12. The molecule has 0 saturated heterocycles. The quantitative estimate of drug-likeness (QED) is 0.582. The van der Waals surface area contributed by atoms with Gasteiger partial charge in [0.25, 0.3) is 0 Å². The van der Waals surface area contributed by atoms with Crippen LogP contribution in [-0.4, -0.2) is 40.2 Å². The first kappa shape index (κ1) is 13.8. The fourth-order valence-electron chi connectivity index (χ4n) is 1.04. The van der Waals surface area contributed by atoms with Crippen LogP contribution in [0, 0.1) is 5.82 Å². The third kappa shape index (κ3) is 5.21. The van der Waals surface area contributed by atoms with Gasteiger partial charge < -0.3 is 10.2 Å². The number of aliphatic hydroxyl groups excluding tert-OH is 2. The molecule has 0 aliphatic heterocycles. The number of halogens is 1. The van der Waals surface area contributed by atoms with Crippen molar-refractivity contribution < 1.29 is 14.6 Å². The predicted octanol–water partition coefficient (Wildman–Crippen LogP) is 2.00. The lowest BCUT2D eigenvalue weighted by molar-refractivity contribution is 0.113. The van der Waals surface area contributed by atoms with Crippen molar-refractivity contribution in [3.05, 3.63) is 30.1 Å². The summed E-state index contributed by atoms with van der Waals surface area (Å²) in [6, 6.07) is 6.69. The second kappa shape index (κ2) is 7.95. The van der Waals surface area contributed by atoms with Crippen LogP contribution in [-0.2, 0) is 0 Å². The lowest BCUT2D eigenvalue weighted by Gasteiger charge is -2.06. The van der Waals surface area contributed by atoms with Gasteiger partial charge in [-0.1, -0.05) is 12.1 Å². The molecule has 1 aromatic carbocycles. The van der Waals surface area contributed by atoms with E-state index in [1.54, 1.807) is 23.9 Å². The molecule has 0 saturated carbocycles. The minimum Gasteiger partial charge on any atom is -0.394 e. The lowest BCUT2D eigenvalue weighted by Crippen LogP contribution is -2.15. The smallest absolute Gasteiger partial charge is 0.136 e. The molecule has 90 valence electrons. The van der Waals surface area contributed by atoms with Gasteiger partial charge in [-0.15, -0.1) is 11.8 Å². The molecule has 1 unspecified atom stereocenters. The van der Waals surface area contributed by atoms with Gasteiger partial charge >= 0.3 is 0 Å². The highest BCUT2D eigenvalue weighted by Gasteiger charge is 2.03. The molecule has 0 radical (unpaired) electrons. The molecule has 0 bridgehead atoms. The minimum absolute atomic E-state index is 0.187. The summed E-state index contributed by atoms with van der Waals surface area (Å²) in [5.41, 5.74) is 0. The van der Waals surface area contributed by atoms with Crippen LogP contribution in [0.15, 0.2) is 29.2 Å². The average Bonchev–Trinajstić information content (AvgIpc) is 2.30. The highest BCUT2D eigenvalue weighted by atomic mass is 32.2. The van der Waals surface area contributed by atoms with Crippen LogP contribution in [0.1, 0.15) is 0 Å². The Bertz CT molecular complexity index is 310. The number of hydrogen-bond acceptors (Lipinski definition) is 4. The Kier molecular flexibility index (Phi) is 6.87. The first-order chi connectivity index (χ1) is 7.74. The molecule has 0 aromatic heterocycles. The third-order valence-electron chi connectivity index (χ3n) is 1.84. The van der Waals surface area contributed by atoms with Gasteiger partial charge in [0.05, 0.1) is 12.7 Å². The van der Waals surface area contributed by atoms with Gasteiger partial charge in [-0.05, 0) is 12.1 Å². The summed E-state index contributed by atoms with van der Waals surface area (Å²) in [6.07, 6.45) is -0.650. The summed E-state index contributed by atoms with van der Waals surface area (Å²) in [5, 5.41) is 17.7. The Hall–Kier alpha value is -0.230. The van der Waals surface area contributed by atoms with Crippen molar-refractivity contribution in [2.75, 3.05) is 23.9 Å². The molecule has 2 N–H and O–H groups in total. The van der Waals surface area contributed by atoms with Crippen LogP contribution in [0.2, 0.25) is 0 Å². The van der Waals surface area contributed by atoms with Gasteiger partial charge in [-0.3, -0.25) is 0 Å². The van der Waals surface area contributed by atoms with Crippen molar-refractivity contribution in [1.82, 2.24) is 0 Å². The fraction of sp³-hybridized carbons (Fsp3) is 0.455. The largest absolute Gasteiger partial charge is 0.394 e. The Morgan fingerprint density at radius 3 is 2.69 bits per heavy atom. The van der Waals surface area contributed by atoms with Crippen LogP contribution >= 0.6 is 23.5 Å². The molecule has 1 aromatic rings. The summed E-state index contributed by atoms with van der Waals surface area (Å²) < 4.78 is 13.2. The first-order valence-electron chi connectivity index (χ1n) is 4.98. The van der Waals surface area contributed by atoms with Gasteiger partial charge in [-0.2, -0.15) is 11.8 Å². The van der Waals surface area contributed by atoms with Crippen LogP contribution in [0.25, 0.3) is 0 Å². The fourth-order valence-corrected chi connectivity index (χ4v) is 2.99. The summed E-state index contributed by atoms with van der Waals surface area (Å²) in [6.45, 7) is -0.201. The zero-order valence-electron chi connectivity index (χ0n) is 8.80. The van der Waals surface area contributed by atoms with E-state index in [0.29, 0.717) is 10.6 Å². The van der Waals surface area contributed by atoms with Gasteiger partial charge in [0.1, 0.15) is 5.82 Å². The summed E-state index contributed by atoms with van der Waals surface area (Å²) >= 11 is 3.02. The normalized spacial score (nSPS) is 12.7. The molecule has 0 aliphatic carbocycles. The molecule has 5 heteroatoms. The van der Waals surface area contributed by atoms with Crippen molar-refractivity contribution in [1.29, 1.82) is 0 Å². The maximum absolute atomic E-state index is 13.2. The Labute approximate surface area is 103 Å². The second-order valence-corrected chi connectivity index (χ2v) is 5.48. The van der Waals surface area contributed by atoms with E-state index >= 15 is 0 Å². The zero-order chi connectivity index (χ0) is 11.8. The highest BCUT2D eigenvalue weighted by Crippen LogP contribution is 2.22. The standard InChI is InChI=1S/C11H15FO2S2/c12-10-3-1-2-4-11(10)16-6-5-15-8-9(14)7-13/h1-4,9,13-14H,5-8H2. The van der Waals surface area contributed by atoms with E-state index in [4.69, 9.17) is 10.2 Å². The zero-order valence-corrected chi connectivity index (χ0v) is 10.4. The van der Waals surface area contributed by atoms with E-state index in [-0.39, 0.29) is 12.4 Å². The molecular formula is C11H15FO2S2. The third-order valence-corrected chi connectivity index (χ3v) is 4.26. The van der Waals surface area contributed by atoms with Gasteiger partial charge in [0, 0.05) is 22.2 Å². The molecule has 0 aliphatic rings. The maximum Gasteiger partial charge on any atom is 0.136 e. The predicted molar refractivity (Wildman–Crippen MR) is 67.5 cm³/mol. The van der Waals surface area contributed by atoms with Gasteiger partial charge in [0.15, 0.2) is 0 Å². The Morgan fingerprint density at radius 2 is 2.00 bits per heavy atom. The summed E-state index contributed by atoms with van der Waals surface area (Å²) in [7, 11) is 0. The number of rotatable bonds is 7. The van der Waals surface area contributed by atoms with Crippen molar-refractivity contribution in [2.45, 2.75) is 11.0 Å². The van der Waals surface area contributed by atoms with Crippen molar-refractivity contribution in [2.24, 2.45) is 0 Å². The molecule has 1 atom stereocenters. The monoisotopic (exact) mass is 262 g/mol. The molecule has 0 fully saturated rings. The van der Waals surface area contributed by atoms with Gasteiger partial charge in [-0.25, -0.2) is 4.39 Å². The average molecular weight is 262 g/mol. The number of benzene rings is 1. The molecular weight excluding hydrogens is 247 g/mol. The van der Waals surface area contributed by atoms with E-state index < -0.39 is 6.10 Å². The number of hydrogen-bond donors (Lipinski definition) is 2. The molecule has 0 amide bonds. The highest BCUT2D eigenvalue weighted by molar-refractivity contribution is 8.03. The maximum atomic E-state index is 13.2. The van der Waals surface area contributed by atoms with E-state index in [0.717, 1.165) is 11.5 Å². The van der Waals surface area contributed by atoms with Gasteiger partial charge in [0.2, 0.25) is 0 Å². The van der Waals surface area contributed by atoms with Crippen LogP contribution < -0.4 is 0 Å². The molecule has 2 nitrogen and oxygen atoms in total. The van der Waals surface area contributed by atoms with Crippen LogP contribution in [0.5, 0.6) is 0 Å². The van der Waals surface area contributed by atoms with E-state index in [1.165, 1.54) is 17.8 Å². The van der Waals surface area contributed by atoms with E-state index in [2.05, 4.69) is 0 Å². The van der Waals surface area contributed by atoms with Crippen molar-refractivity contribution >= 4 is 23.5 Å². The molecule has 0 spiro atoms. The molecule has 0 heterocycles. The van der Waals surface area contributed by atoms with Crippen LogP contribution in [0.4, 0.5) is 4.39 Å². The Balaban J connectivity index is 2.14. The van der Waals surface area contributed by atoms with Crippen molar-refractivity contribution in [3.63, 3.8) is 0 Å². The van der Waals surface area contributed by atoms with Crippen LogP contribution in [0.3, 0.4) is 0 Å². The van der Waals surface area contributed by atoms with Crippen molar-refractivity contribution in [3.8, 4) is 0 Å². The van der Waals surface area contributed by atoms with E-state index in [1.807, 2.05) is 6.07 Å². The lowest BCUT2D eigenvalue weighted by atomic mass is 10.3. The SMILES string of the molecule is OCC(O)CSCCSc1ccccc1F. The summed E-state index contributed by atoms with van der Waals surface area (Å²) in [5.74, 6) is 1.96. The minimum atomic E-state index is -0.650. The molecule has 16 heavy (non-hydrogen) atoms. The second-order valence-electron chi connectivity index (χ2n) is 3.19. The number of thioether (sulfide) groups is 2. The topological polar surface area (TPSA) is 40.5 Å².